The van der Waals surface area contributed by atoms with Gasteiger partial charge in [0.05, 0.1) is 6.04 Å². The molecule has 1 aliphatic rings. The molecule has 2 nitrogen and oxygen atoms in total. The fourth-order valence-corrected chi connectivity index (χ4v) is 2.94. The summed E-state index contributed by atoms with van der Waals surface area (Å²) in [5, 5.41) is 6.96. The van der Waals surface area contributed by atoms with Gasteiger partial charge in [0.1, 0.15) is 5.01 Å². The maximum absolute atomic E-state index is 4.50. The molecule has 0 bridgehead atoms. The van der Waals surface area contributed by atoms with Gasteiger partial charge in [-0.05, 0) is 37.8 Å². The first-order valence-corrected chi connectivity index (χ1v) is 7.34. The highest BCUT2D eigenvalue weighted by Crippen LogP contribution is 2.31. The molecular formula is C15H18N2S. The third kappa shape index (κ3) is 2.47. The van der Waals surface area contributed by atoms with Crippen LogP contribution in [-0.2, 0) is 0 Å². The van der Waals surface area contributed by atoms with E-state index in [0.29, 0.717) is 6.04 Å². The first kappa shape index (κ1) is 11.9. The van der Waals surface area contributed by atoms with Crippen LogP contribution in [0.4, 0.5) is 0 Å². The van der Waals surface area contributed by atoms with Crippen molar-refractivity contribution < 1.29 is 0 Å². The van der Waals surface area contributed by atoms with Gasteiger partial charge in [-0.3, -0.25) is 0 Å². The molecule has 0 aliphatic heterocycles. The molecule has 1 saturated carbocycles. The van der Waals surface area contributed by atoms with Crippen LogP contribution in [0.2, 0.25) is 0 Å². The fourth-order valence-electron chi connectivity index (χ4n) is 2.23. The molecule has 1 unspecified atom stereocenters. The smallest absolute Gasteiger partial charge is 0.114 e. The molecule has 0 radical (unpaired) electrons. The Morgan fingerprint density at radius 3 is 2.83 bits per heavy atom. The van der Waals surface area contributed by atoms with Crippen molar-refractivity contribution in [2.24, 2.45) is 0 Å². The van der Waals surface area contributed by atoms with Crippen molar-refractivity contribution in [3.8, 4) is 0 Å². The molecule has 1 atom stereocenters. The first-order chi connectivity index (χ1) is 8.74. The van der Waals surface area contributed by atoms with Gasteiger partial charge in [-0.1, -0.05) is 23.8 Å². The van der Waals surface area contributed by atoms with Crippen LogP contribution in [0.5, 0.6) is 0 Å². The summed E-state index contributed by atoms with van der Waals surface area (Å²) in [7, 11) is 0. The molecule has 18 heavy (non-hydrogen) atoms. The van der Waals surface area contributed by atoms with E-state index >= 15 is 0 Å². The SMILES string of the molecule is Cc1ccc(C)c(C(NC2CC2)c2nccs2)c1. The number of thiazole rings is 1. The van der Waals surface area contributed by atoms with E-state index in [4.69, 9.17) is 0 Å². The lowest BCUT2D eigenvalue weighted by molar-refractivity contribution is 0.595. The number of aromatic nitrogens is 1. The van der Waals surface area contributed by atoms with Crippen LogP contribution in [0, 0.1) is 13.8 Å². The zero-order valence-electron chi connectivity index (χ0n) is 10.8. The topological polar surface area (TPSA) is 24.9 Å². The summed E-state index contributed by atoms with van der Waals surface area (Å²) in [6.07, 6.45) is 4.49. The molecule has 94 valence electrons. The van der Waals surface area contributed by atoms with Crippen molar-refractivity contribution >= 4 is 11.3 Å². The Balaban J connectivity index is 1.98. The predicted octanol–water partition coefficient (Wildman–Crippen LogP) is 3.60. The standard InChI is InChI=1S/C15H18N2S/c1-10-3-4-11(2)13(9-10)14(17-12-5-6-12)15-16-7-8-18-15/h3-4,7-9,12,14,17H,5-6H2,1-2H3. The Bertz CT molecular complexity index is 529. The molecule has 1 heterocycles. The largest absolute Gasteiger partial charge is 0.301 e. The zero-order chi connectivity index (χ0) is 12.5. The molecule has 1 aromatic heterocycles. The van der Waals surface area contributed by atoms with Gasteiger partial charge in [-0.15, -0.1) is 11.3 Å². The number of nitrogens with one attached hydrogen (secondary N) is 1. The van der Waals surface area contributed by atoms with Gasteiger partial charge in [0.15, 0.2) is 0 Å². The third-order valence-corrected chi connectivity index (χ3v) is 4.26. The molecule has 3 heteroatoms. The van der Waals surface area contributed by atoms with Crippen molar-refractivity contribution in [2.75, 3.05) is 0 Å². The van der Waals surface area contributed by atoms with Gasteiger partial charge in [0, 0.05) is 17.6 Å². The number of aryl methyl sites for hydroxylation is 2. The second-order valence-electron chi connectivity index (χ2n) is 5.10. The van der Waals surface area contributed by atoms with Crippen molar-refractivity contribution in [2.45, 2.75) is 38.8 Å². The normalized spacial score (nSPS) is 16.8. The highest BCUT2D eigenvalue weighted by atomic mass is 32.1. The Morgan fingerprint density at radius 2 is 2.17 bits per heavy atom. The average molecular weight is 258 g/mol. The average Bonchev–Trinajstić information content (AvgIpc) is 3.01. The van der Waals surface area contributed by atoms with Crippen LogP contribution in [0.15, 0.2) is 29.8 Å². The summed E-state index contributed by atoms with van der Waals surface area (Å²) in [4.78, 5) is 4.50. The summed E-state index contributed by atoms with van der Waals surface area (Å²) in [6.45, 7) is 4.34. The van der Waals surface area contributed by atoms with E-state index < -0.39 is 0 Å². The lowest BCUT2D eigenvalue weighted by Crippen LogP contribution is -2.25. The van der Waals surface area contributed by atoms with E-state index in [0.717, 1.165) is 0 Å². The summed E-state index contributed by atoms with van der Waals surface area (Å²) in [5.74, 6) is 0. The highest BCUT2D eigenvalue weighted by Gasteiger charge is 2.28. The van der Waals surface area contributed by atoms with Gasteiger partial charge < -0.3 is 5.32 Å². The van der Waals surface area contributed by atoms with Gasteiger partial charge in [-0.25, -0.2) is 4.98 Å². The van der Waals surface area contributed by atoms with Crippen LogP contribution in [0.25, 0.3) is 0 Å². The lowest BCUT2D eigenvalue weighted by atomic mass is 9.99. The molecule has 0 saturated heterocycles. The molecule has 2 aromatic rings. The van der Waals surface area contributed by atoms with Gasteiger partial charge in [0.2, 0.25) is 0 Å². The van der Waals surface area contributed by atoms with Gasteiger partial charge in [0.25, 0.3) is 0 Å². The summed E-state index contributed by atoms with van der Waals surface area (Å²) < 4.78 is 0. The maximum atomic E-state index is 4.50. The fraction of sp³-hybridized carbons (Fsp3) is 0.400. The Labute approximate surface area is 112 Å². The van der Waals surface area contributed by atoms with Gasteiger partial charge >= 0.3 is 0 Å². The summed E-state index contributed by atoms with van der Waals surface area (Å²) in [6, 6.07) is 7.61. The maximum Gasteiger partial charge on any atom is 0.114 e. The minimum atomic E-state index is 0.261. The van der Waals surface area contributed by atoms with Crippen LogP contribution in [0.3, 0.4) is 0 Å². The summed E-state index contributed by atoms with van der Waals surface area (Å²) >= 11 is 1.74. The molecule has 1 aromatic carbocycles. The highest BCUT2D eigenvalue weighted by molar-refractivity contribution is 7.09. The van der Waals surface area contributed by atoms with E-state index in [2.05, 4.69) is 47.7 Å². The monoisotopic (exact) mass is 258 g/mol. The molecule has 3 rings (SSSR count). The number of rotatable bonds is 4. The number of nitrogens with zero attached hydrogens (tertiary/aromatic N) is 1. The van der Waals surface area contributed by atoms with E-state index in [1.165, 1.54) is 34.5 Å². The van der Waals surface area contributed by atoms with Gasteiger partial charge in [-0.2, -0.15) is 0 Å². The van der Waals surface area contributed by atoms with E-state index in [-0.39, 0.29) is 6.04 Å². The first-order valence-electron chi connectivity index (χ1n) is 6.46. The van der Waals surface area contributed by atoms with Crippen molar-refractivity contribution in [1.29, 1.82) is 0 Å². The molecule has 0 spiro atoms. The third-order valence-electron chi connectivity index (χ3n) is 3.42. The lowest BCUT2D eigenvalue weighted by Gasteiger charge is -2.19. The Morgan fingerprint density at radius 1 is 1.33 bits per heavy atom. The van der Waals surface area contributed by atoms with Crippen molar-refractivity contribution in [1.82, 2.24) is 10.3 Å². The van der Waals surface area contributed by atoms with Crippen molar-refractivity contribution in [3.63, 3.8) is 0 Å². The molecule has 1 aliphatic carbocycles. The predicted molar refractivity (Wildman–Crippen MR) is 76.0 cm³/mol. The van der Waals surface area contributed by atoms with Crippen LogP contribution >= 0.6 is 11.3 Å². The van der Waals surface area contributed by atoms with Crippen molar-refractivity contribution in [3.05, 3.63) is 51.5 Å². The number of hydrogen-bond acceptors (Lipinski definition) is 3. The zero-order valence-corrected chi connectivity index (χ0v) is 11.6. The number of benzene rings is 1. The van der Waals surface area contributed by atoms with Crippen LogP contribution in [0.1, 0.15) is 40.6 Å². The molecule has 1 N–H and O–H groups in total. The van der Waals surface area contributed by atoms with E-state index in [1.54, 1.807) is 11.3 Å². The second-order valence-corrected chi connectivity index (χ2v) is 6.03. The number of hydrogen-bond donors (Lipinski definition) is 1. The van der Waals surface area contributed by atoms with E-state index in [1.807, 2.05) is 6.20 Å². The minimum absolute atomic E-state index is 0.261. The quantitative estimate of drug-likeness (QED) is 0.906. The minimum Gasteiger partial charge on any atom is -0.301 e. The van der Waals surface area contributed by atoms with Crippen LogP contribution in [-0.4, -0.2) is 11.0 Å². The molecule has 0 amide bonds. The molecular weight excluding hydrogens is 240 g/mol. The Kier molecular flexibility index (Phi) is 3.18. The van der Waals surface area contributed by atoms with E-state index in [9.17, 15) is 0 Å². The second kappa shape index (κ2) is 4.82. The Hall–Kier alpha value is -1.19. The molecule has 1 fully saturated rings. The summed E-state index contributed by atoms with van der Waals surface area (Å²) in [5.41, 5.74) is 4.03. The van der Waals surface area contributed by atoms with Crippen LogP contribution < -0.4 is 5.32 Å².